The van der Waals surface area contributed by atoms with Crippen molar-refractivity contribution in [1.29, 1.82) is 5.26 Å². The average Bonchev–Trinajstić information content (AvgIpc) is 2.65. The summed E-state index contributed by atoms with van der Waals surface area (Å²) >= 11 is 0. The predicted octanol–water partition coefficient (Wildman–Crippen LogP) is 3.36. The Hall–Kier alpha value is -2.01. The van der Waals surface area contributed by atoms with E-state index in [9.17, 15) is 5.26 Å². The molecule has 1 unspecified atom stereocenters. The second kappa shape index (κ2) is 4.24. The van der Waals surface area contributed by atoms with E-state index in [1.54, 1.807) is 6.08 Å². The van der Waals surface area contributed by atoms with Crippen molar-refractivity contribution in [3.05, 3.63) is 48.7 Å². The van der Waals surface area contributed by atoms with E-state index in [1.165, 1.54) is 10.9 Å². The van der Waals surface area contributed by atoms with Crippen LogP contribution in [0.25, 0.3) is 10.9 Å². The number of rotatable bonds is 3. The molecule has 0 saturated heterocycles. The van der Waals surface area contributed by atoms with Crippen molar-refractivity contribution in [1.82, 2.24) is 4.57 Å². The highest BCUT2D eigenvalue weighted by atomic mass is 14.9. The molecular formula is C14H14N2. The van der Waals surface area contributed by atoms with E-state index in [1.807, 2.05) is 25.4 Å². The third kappa shape index (κ3) is 1.61. The average molecular weight is 210 g/mol. The van der Waals surface area contributed by atoms with Gasteiger partial charge in [0.2, 0.25) is 0 Å². The van der Waals surface area contributed by atoms with Crippen LogP contribution in [-0.2, 0) is 7.05 Å². The van der Waals surface area contributed by atoms with Gasteiger partial charge in [-0.25, -0.2) is 0 Å². The summed E-state index contributed by atoms with van der Waals surface area (Å²) in [5.41, 5.74) is 2.27. The first-order valence-corrected chi connectivity index (χ1v) is 5.32. The van der Waals surface area contributed by atoms with Crippen LogP contribution in [0.15, 0.2) is 43.1 Å². The second-order valence-electron chi connectivity index (χ2n) is 3.92. The summed E-state index contributed by atoms with van der Waals surface area (Å²) in [5.74, 6) is -0.0939. The SMILES string of the molecule is C=CCC(C#N)c1cn(C)c2ccccc12. The van der Waals surface area contributed by atoms with Crippen LogP contribution in [0.5, 0.6) is 0 Å². The quantitative estimate of drug-likeness (QED) is 0.714. The molecule has 1 heterocycles. The third-order valence-electron chi connectivity index (χ3n) is 2.86. The minimum Gasteiger partial charge on any atom is -0.350 e. The topological polar surface area (TPSA) is 28.7 Å². The van der Waals surface area contributed by atoms with Gasteiger partial charge in [0.1, 0.15) is 0 Å². The van der Waals surface area contributed by atoms with Crippen LogP contribution in [0.3, 0.4) is 0 Å². The maximum atomic E-state index is 9.17. The maximum Gasteiger partial charge on any atom is 0.0767 e. The van der Waals surface area contributed by atoms with Crippen LogP contribution in [0.1, 0.15) is 17.9 Å². The van der Waals surface area contributed by atoms with Gasteiger partial charge in [0, 0.05) is 24.1 Å². The van der Waals surface area contributed by atoms with E-state index in [0.717, 1.165) is 5.56 Å². The van der Waals surface area contributed by atoms with Gasteiger partial charge in [-0.1, -0.05) is 24.3 Å². The lowest BCUT2D eigenvalue weighted by atomic mass is 9.97. The Morgan fingerprint density at radius 1 is 1.50 bits per heavy atom. The van der Waals surface area contributed by atoms with Crippen molar-refractivity contribution in [3.8, 4) is 6.07 Å². The maximum absolute atomic E-state index is 9.17. The van der Waals surface area contributed by atoms with Gasteiger partial charge in [-0.15, -0.1) is 6.58 Å². The molecule has 0 N–H and O–H groups in total. The molecule has 0 aliphatic rings. The fourth-order valence-corrected chi connectivity index (χ4v) is 2.07. The number of fused-ring (bicyclic) bond motifs is 1. The van der Waals surface area contributed by atoms with Gasteiger partial charge in [0.15, 0.2) is 0 Å². The van der Waals surface area contributed by atoms with Crippen LogP contribution in [0.2, 0.25) is 0 Å². The summed E-state index contributed by atoms with van der Waals surface area (Å²) < 4.78 is 2.07. The van der Waals surface area contributed by atoms with Crippen LogP contribution in [0.4, 0.5) is 0 Å². The Kier molecular flexibility index (Phi) is 2.78. The van der Waals surface area contributed by atoms with Gasteiger partial charge in [-0.3, -0.25) is 0 Å². The van der Waals surface area contributed by atoms with Crippen LogP contribution < -0.4 is 0 Å². The van der Waals surface area contributed by atoms with Gasteiger partial charge in [-0.05, 0) is 18.1 Å². The summed E-state index contributed by atoms with van der Waals surface area (Å²) in [4.78, 5) is 0. The monoisotopic (exact) mass is 210 g/mol. The molecule has 0 spiro atoms. The summed E-state index contributed by atoms with van der Waals surface area (Å²) in [7, 11) is 2.01. The zero-order valence-electron chi connectivity index (χ0n) is 9.35. The fourth-order valence-electron chi connectivity index (χ4n) is 2.07. The normalized spacial score (nSPS) is 12.2. The molecule has 0 radical (unpaired) electrons. The van der Waals surface area contributed by atoms with Crippen molar-refractivity contribution in [2.45, 2.75) is 12.3 Å². The number of benzene rings is 1. The molecule has 2 rings (SSSR count). The number of hydrogen-bond donors (Lipinski definition) is 0. The number of aryl methyl sites for hydroxylation is 1. The molecule has 0 saturated carbocycles. The van der Waals surface area contributed by atoms with E-state index < -0.39 is 0 Å². The fraction of sp³-hybridized carbons (Fsp3) is 0.214. The molecule has 0 aliphatic carbocycles. The van der Waals surface area contributed by atoms with Gasteiger partial charge < -0.3 is 4.57 Å². The minimum absolute atomic E-state index is 0.0939. The Morgan fingerprint density at radius 2 is 2.25 bits per heavy atom. The molecular weight excluding hydrogens is 196 g/mol. The van der Waals surface area contributed by atoms with Crippen molar-refractivity contribution in [3.63, 3.8) is 0 Å². The standard InChI is InChI=1S/C14H14N2/c1-3-6-11(9-15)13-10-16(2)14-8-5-4-7-12(13)14/h3-5,7-8,10-11H,1,6H2,2H3. The third-order valence-corrected chi connectivity index (χ3v) is 2.86. The summed E-state index contributed by atoms with van der Waals surface area (Å²) in [6, 6.07) is 10.5. The summed E-state index contributed by atoms with van der Waals surface area (Å²) in [6.45, 7) is 3.70. The largest absolute Gasteiger partial charge is 0.350 e. The molecule has 0 amide bonds. The predicted molar refractivity (Wildman–Crippen MR) is 66.1 cm³/mol. The first kappa shape index (κ1) is 10.5. The Balaban J connectivity index is 2.60. The number of nitrogens with zero attached hydrogens (tertiary/aromatic N) is 2. The van der Waals surface area contributed by atoms with Crippen LogP contribution in [-0.4, -0.2) is 4.57 Å². The first-order valence-electron chi connectivity index (χ1n) is 5.32. The van der Waals surface area contributed by atoms with Crippen molar-refractivity contribution < 1.29 is 0 Å². The Bertz CT molecular complexity index is 558. The van der Waals surface area contributed by atoms with Crippen molar-refractivity contribution in [2.24, 2.45) is 7.05 Å². The van der Waals surface area contributed by atoms with Crippen LogP contribution >= 0.6 is 0 Å². The lowest BCUT2D eigenvalue weighted by molar-refractivity contribution is 0.868. The molecule has 16 heavy (non-hydrogen) atoms. The molecule has 2 aromatic rings. The summed E-state index contributed by atoms with van der Waals surface area (Å²) in [5, 5.41) is 10.3. The first-order chi connectivity index (χ1) is 7.77. The molecule has 80 valence electrons. The van der Waals surface area contributed by atoms with Gasteiger partial charge in [0.25, 0.3) is 0 Å². The highest BCUT2D eigenvalue weighted by molar-refractivity contribution is 5.84. The number of para-hydroxylation sites is 1. The van der Waals surface area contributed by atoms with E-state index in [0.29, 0.717) is 6.42 Å². The smallest absolute Gasteiger partial charge is 0.0767 e. The Labute approximate surface area is 95.4 Å². The van der Waals surface area contributed by atoms with Gasteiger partial charge in [-0.2, -0.15) is 5.26 Å². The van der Waals surface area contributed by atoms with E-state index in [4.69, 9.17) is 0 Å². The number of aromatic nitrogens is 1. The van der Waals surface area contributed by atoms with Gasteiger partial charge >= 0.3 is 0 Å². The molecule has 1 atom stereocenters. The van der Waals surface area contributed by atoms with Crippen molar-refractivity contribution >= 4 is 10.9 Å². The van der Waals surface area contributed by atoms with Crippen molar-refractivity contribution in [2.75, 3.05) is 0 Å². The molecule has 1 aromatic carbocycles. The zero-order chi connectivity index (χ0) is 11.5. The molecule has 2 nitrogen and oxygen atoms in total. The highest BCUT2D eigenvalue weighted by Gasteiger charge is 2.14. The second-order valence-corrected chi connectivity index (χ2v) is 3.92. The molecule has 0 fully saturated rings. The Morgan fingerprint density at radius 3 is 2.94 bits per heavy atom. The molecule has 2 heteroatoms. The highest BCUT2D eigenvalue weighted by Crippen LogP contribution is 2.28. The van der Waals surface area contributed by atoms with Gasteiger partial charge in [0.05, 0.1) is 12.0 Å². The number of hydrogen-bond acceptors (Lipinski definition) is 1. The summed E-state index contributed by atoms with van der Waals surface area (Å²) in [6.07, 6.45) is 4.54. The molecule has 0 bridgehead atoms. The molecule has 1 aromatic heterocycles. The van der Waals surface area contributed by atoms with E-state index in [2.05, 4.69) is 29.3 Å². The number of nitriles is 1. The zero-order valence-corrected chi connectivity index (χ0v) is 9.35. The number of allylic oxidation sites excluding steroid dienone is 1. The van der Waals surface area contributed by atoms with E-state index >= 15 is 0 Å². The minimum atomic E-state index is -0.0939. The lowest BCUT2D eigenvalue weighted by Crippen LogP contribution is -1.92. The van der Waals surface area contributed by atoms with E-state index in [-0.39, 0.29) is 5.92 Å². The molecule has 0 aliphatic heterocycles. The van der Waals surface area contributed by atoms with Crippen LogP contribution in [0, 0.1) is 11.3 Å². The lowest BCUT2D eigenvalue weighted by Gasteiger charge is -2.03.